The van der Waals surface area contributed by atoms with Crippen molar-refractivity contribution in [2.75, 3.05) is 13.2 Å². The summed E-state index contributed by atoms with van der Waals surface area (Å²) >= 11 is 0. The van der Waals surface area contributed by atoms with Crippen LogP contribution in [-0.4, -0.2) is 115 Å². The Labute approximate surface area is 177 Å². The van der Waals surface area contributed by atoms with E-state index in [1.165, 1.54) is 12.1 Å². The van der Waals surface area contributed by atoms with Crippen molar-refractivity contribution in [3.8, 4) is 5.75 Å². The lowest BCUT2D eigenvalue weighted by Crippen LogP contribution is -2.65. The number of aliphatic hydroxyl groups is 8. The summed E-state index contributed by atoms with van der Waals surface area (Å²) in [5.41, 5.74) is 0.638. The van der Waals surface area contributed by atoms with Gasteiger partial charge in [0, 0.05) is 0 Å². The third kappa shape index (κ3) is 5.16. The number of rotatable bonds is 7. The average Bonchev–Trinajstić information content (AvgIpc) is 2.79. The first kappa shape index (κ1) is 24.2. The molecule has 0 aliphatic carbocycles. The number of hydrogen-bond donors (Lipinski definition) is 8. The molecule has 3 rings (SSSR count). The zero-order valence-corrected chi connectivity index (χ0v) is 16.4. The normalized spacial score (nSPS) is 41.2. The van der Waals surface area contributed by atoms with E-state index in [-0.39, 0.29) is 12.4 Å². The molecule has 0 saturated carbocycles. The molecule has 8 N–H and O–H groups in total. The quantitative estimate of drug-likeness (QED) is 0.203. The van der Waals surface area contributed by atoms with Gasteiger partial charge in [0.15, 0.2) is 6.29 Å². The average molecular weight is 448 g/mol. The molecule has 2 heterocycles. The molecule has 31 heavy (non-hydrogen) atoms. The van der Waals surface area contributed by atoms with Gasteiger partial charge >= 0.3 is 0 Å². The van der Waals surface area contributed by atoms with E-state index in [0.29, 0.717) is 5.56 Å². The second kappa shape index (κ2) is 10.5. The molecule has 2 aliphatic heterocycles. The van der Waals surface area contributed by atoms with Crippen molar-refractivity contribution in [1.29, 1.82) is 0 Å². The van der Waals surface area contributed by atoms with Crippen molar-refractivity contribution >= 4 is 0 Å². The number of aliphatic hydroxyl groups excluding tert-OH is 8. The summed E-state index contributed by atoms with van der Waals surface area (Å²) in [4.78, 5) is 0. The molecule has 0 aromatic heterocycles. The van der Waals surface area contributed by atoms with E-state index in [1.54, 1.807) is 12.1 Å². The Morgan fingerprint density at radius 1 is 0.677 bits per heavy atom. The van der Waals surface area contributed by atoms with E-state index in [4.69, 9.17) is 24.1 Å². The summed E-state index contributed by atoms with van der Waals surface area (Å²) in [5.74, 6) is 0.276. The lowest BCUT2D eigenvalue weighted by atomic mass is 9.97. The van der Waals surface area contributed by atoms with Crippen molar-refractivity contribution in [3.05, 3.63) is 29.8 Å². The van der Waals surface area contributed by atoms with Crippen molar-refractivity contribution in [1.82, 2.24) is 0 Å². The van der Waals surface area contributed by atoms with Gasteiger partial charge in [0.2, 0.25) is 6.29 Å². The molecule has 0 unspecified atom stereocenters. The van der Waals surface area contributed by atoms with Gasteiger partial charge in [-0.25, -0.2) is 0 Å². The van der Waals surface area contributed by atoms with Gasteiger partial charge in [0.25, 0.3) is 0 Å². The van der Waals surface area contributed by atoms with Crippen LogP contribution in [0.4, 0.5) is 0 Å². The van der Waals surface area contributed by atoms with Gasteiger partial charge in [0.1, 0.15) is 54.6 Å². The minimum atomic E-state index is -1.74. The van der Waals surface area contributed by atoms with Crippen molar-refractivity contribution in [2.24, 2.45) is 0 Å². The molecule has 10 atom stereocenters. The van der Waals surface area contributed by atoms with Crippen molar-refractivity contribution < 1.29 is 59.8 Å². The second-order valence-corrected chi connectivity index (χ2v) is 7.42. The topological polar surface area (TPSA) is 199 Å². The largest absolute Gasteiger partial charge is 0.462 e. The first-order valence-corrected chi connectivity index (χ1v) is 9.75. The third-order valence-electron chi connectivity index (χ3n) is 5.32. The van der Waals surface area contributed by atoms with Gasteiger partial charge < -0.3 is 59.8 Å². The molecule has 1 aromatic carbocycles. The minimum absolute atomic E-state index is 0.162. The Morgan fingerprint density at radius 3 is 1.84 bits per heavy atom. The zero-order chi connectivity index (χ0) is 22.7. The van der Waals surface area contributed by atoms with Gasteiger partial charge in [-0.15, -0.1) is 0 Å². The molecule has 12 heteroatoms. The van der Waals surface area contributed by atoms with Gasteiger partial charge in [0.05, 0.1) is 19.8 Å². The summed E-state index contributed by atoms with van der Waals surface area (Å²) in [6, 6.07) is 6.24. The van der Waals surface area contributed by atoms with E-state index >= 15 is 0 Å². The second-order valence-electron chi connectivity index (χ2n) is 7.42. The fraction of sp³-hybridized carbons (Fsp3) is 0.684. The lowest BCUT2D eigenvalue weighted by Gasteiger charge is -2.45. The first-order chi connectivity index (χ1) is 14.8. The highest BCUT2D eigenvalue weighted by Crippen LogP contribution is 2.30. The Balaban J connectivity index is 1.70. The molecule has 1 aromatic rings. The van der Waals surface area contributed by atoms with Gasteiger partial charge in [-0.05, 0) is 17.7 Å². The summed E-state index contributed by atoms with van der Waals surface area (Å²) in [6.07, 6.45) is -15.1. The minimum Gasteiger partial charge on any atom is -0.462 e. The Bertz CT molecular complexity index is 683. The van der Waals surface area contributed by atoms with Crippen LogP contribution < -0.4 is 4.74 Å². The predicted octanol–water partition coefficient (Wildman–Crippen LogP) is -3.82. The van der Waals surface area contributed by atoms with E-state index in [1.807, 2.05) is 0 Å². The fourth-order valence-corrected chi connectivity index (χ4v) is 3.46. The van der Waals surface area contributed by atoms with Crippen molar-refractivity contribution in [2.45, 2.75) is 68.0 Å². The van der Waals surface area contributed by atoms with Crippen LogP contribution in [-0.2, 0) is 20.8 Å². The van der Waals surface area contributed by atoms with Gasteiger partial charge in [-0.3, -0.25) is 0 Å². The summed E-state index contributed by atoms with van der Waals surface area (Å²) in [5, 5.41) is 78.9. The highest BCUT2D eigenvalue weighted by atomic mass is 16.7. The van der Waals surface area contributed by atoms with Gasteiger partial charge in [-0.2, -0.15) is 0 Å². The van der Waals surface area contributed by atoms with E-state index in [9.17, 15) is 35.7 Å². The van der Waals surface area contributed by atoms with Gasteiger partial charge in [-0.1, -0.05) is 12.1 Å². The highest BCUT2D eigenvalue weighted by molar-refractivity contribution is 5.27. The monoisotopic (exact) mass is 448 g/mol. The van der Waals surface area contributed by atoms with Crippen LogP contribution in [0.1, 0.15) is 5.56 Å². The van der Waals surface area contributed by atoms with Crippen LogP contribution in [0.3, 0.4) is 0 Å². The molecular formula is C19H28O12. The number of benzene rings is 1. The standard InChI is InChI=1S/C19H28O12/c20-5-8-1-3-9(4-2-8)28-18-16(27)14(25)17(11(7-22)30-18)31-19-15(26)13(24)12(23)10(6-21)29-19/h1-4,10-27H,5-7H2/t10-,11-,12-,13+,14-,15-,16-,17-,18-,19+/m1/s1. The Kier molecular flexibility index (Phi) is 8.18. The molecule has 0 radical (unpaired) electrons. The first-order valence-electron chi connectivity index (χ1n) is 9.75. The summed E-state index contributed by atoms with van der Waals surface area (Å²) < 4.78 is 21.8. The molecule has 0 bridgehead atoms. The molecule has 12 nitrogen and oxygen atoms in total. The van der Waals surface area contributed by atoms with Crippen LogP contribution in [0.5, 0.6) is 5.75 Å². The van der Waals surface area contributed by atoms with Crippen LogP contribution in [0.2, 0.25) is 0 Å². The molecule has 2 aliphatic rings. The molecule has 176 valence electrons. The molecule has 2 saturated heterocycles. The molecular weight excluding hydrogens is 420 g/mol. The highest BCUT2D eigenvalue weighted by Gasteiger charge is 2.51. The maximum Gasteiger partial charge on any atom is 0.229 e. The third-order valence-corrected chi connectivity index (χ3v) is 5.32. The van der Waals surface area contributed by atoms with Crippen LogP contribution >= 0.6 is 0 Å². The number of hydrogen-bond acceptors (Lipinski definition) is 12. The summed E-state index contributed by atoms with van der Waals surface area (Å²) in [6.45, 7) is -1.49. The maximum atomic E-state index is 10.5. The predicted molar refractivity (Wildman–Crippen MR) is 99.4 cm³/mol. The molecule has 0 amide bonds. The fourth-order valence-electron chi connectivity index (χ4n) is 3.46. The Hall–Kier alpha value is -1.42. The van der Waals surface area contributed by atoms with Crippen LogP contribution in [0, 0.1) is 0 Å². The van der Waals surface area contributed by atoms with Crippen LogP contribution in [0.15, 0.2) is 24.3 Å². The van der Waals surface area contributed by atoms with E-state index in [0.717, 1.165) is 0 Å². The number of ether oxygens (including phenoxy) is 4. The van der Waals surface area contributed by atoms with E-state index < -0.39 is 74.6 Å². The van der Waals surface area contributed by atoms with Crippen molar-refractivity contribution in [3.63, 3.8) is 0 Å². The molecule has 2 fully saturated rings. The smallest absolute Gasteiger partial charge is 0.229 e. The van der Waals surface area contributed by atoms with Crippen LogP contribution in [0.25, 0.3) is 0 Å². The lowest BCUT2D eigenvalue weighted by molar-refractivity contribution is -0.352. The SMILES string of the molecule is OCc1ccc(O[C@@H]2O[C@H](CO)[C@@H](O[C@@H]3O[C@H](CO)[C@@H](O)[C@H](O)[C@H]3O)[C@H](O)[C@H]2O)cc1. The van der Waals surface area contributed by atoms with E-state index in [2.05, 4.69) is 0 Å². The Morgan fingerprint density at radius 2 is 1.26 bits per heavy atom. The summed E-state index contributed by atoms with van der Waals surface area (Å²) in [7, 11) is 0. The maximum absolute atomic E-state index is 10.5. The molecule has 0 spiro atoms. The zero-order valence-electron chi connectivity index (χ0n) is 16.4.